The number of nitrogens with two attached hydrogens (primary N) is 2. The molecule has 0 spiro atoms. The van der Waals surface area contributed by atoms with Gasteiger partial charge in [-0.15, -0.1) is 0 Å². The number of carbonyl (C=O) groups excluding carboxylic acids is 2. The number of morpholine rings is 1. The van der Waals surface area contributed by atoms with E-state index in [0.29, 0.717) is 31.1 Å². The van der Waals surface area contributed by atoms with E-state index in [1.165, 1.54) is 0 Å². The molecule has 1 saturated heterocycles. The summed E-state index contributed by atoms with van der Waals surface area (Å²) in [4.78, 5) is 25.1. The number of para-hydroxylation sites is 2. The predicted molar refractivity (Wildman–Crippen MR) is 79.5 cm³/mol. The van der Waals surface area contributed by atoms with Crippen molar-refractivity contribution in [2.75, 3.05) is 37.4 Å². The third kappa shape index (κ3) is 4.17. The summed E-state index contributed by atoms with van der Waals surface area (Å²) in [7, 11) is 0. The maximum absolute atomic E-state index is 11.9. The zero-order valence-corrected chi connectivity index (χ0v) is 11.7. The number of nitrogen functional groups attached to an aromatic ring is 1. The highest BCUT2D eigenvalue weighted by Crippen LogP contribution is 2.17. The van der Waals surface area contributed by atoms with Crippen LogP contribution in [0.3, 0.4) is 0 Å². The molecule has 7 heteroatoms. The molecule has 1 aromatic rings. The normalized spacial score (nSPS) is 19.1. The van der Waals surface area contributed by atoms with Gasteiger partial charge in [-0.1, -0.05) is 12.1 Å². The van der Waals surface area contributed by atoms with Crippen LogP contribution in [0.15, 0.2) is 24.3 Å². The van der Waals surface area contributed by atoms with E-state index in [0.717, 1.165) is 0 Å². The second-order valence-corrected chi connectivity index (χ2v) is 4.91. The Hall–Kier alpha value is -2.12. The number of ether oxygens (including phenoxy) is 1. The van der Waals surface area contributed by atoms with Crippen molar-refractivity contribution in [3.05, 3.63) is 24.3 Å². The molecule has 1 fully saturated rings. The number of rotatable bonds is 5. The molecule has 0 bridgehead atoms. The molecular formula is C14H20N4O3. The molecule has 7 nitrogen and oxygen atoms in total. The molecule has 0 radical (unpaired) electrons. The Balaban J connectivity index is 1.86. The van der Waals surface area contributed by atoms with E-state index in [-0.39, 0.29) is 18.9 Å². The van der Waals surface area contributed by atoms with E-state index >= 15 is 0 Å². The molecule has 5 N–H and O–H groups in total. The second-order valence-electron chi connectivity index (χ2n) is 4.91. The molecule has 1 aliphatic rings. The molecule has 21 heavy (non-hydrogen) atoms. The van der Waals surface area contributed by atoms with Gasteiger partial charge in [-0.2, -0.15) is 0 Å². The van der Waals surface area contributed by atoms with Gasteiger partial charge in [-0.05, 0) is 12.1 Å². The van der Waals surface area contributed by atoms with E-state index in [9.17, 15) is 9.59 Å². The first kappa shape index (κ1) is 15.3. The van der Waals surface area contributed by atoms with E-state index in [4.69, 9.17) is 16.2 Å². The monoisotopic (exact) mass is 292 g/mol. The van der Waals surface area contributed by atoms with E-state index in [1.54, 1.807) is 24.3 Å². The van der Waals surface area contributed by atoms with Gasteiger partial charge >= 0.3 is 0 Å². The van der Waals surface area contributed by atoms with Gasteiger partial charge in [-0.25, -0.2) is 0 Å². The van der Waals surface area contributed by atoms with E-state index in [1.807, 2.05) is 4.90 Å². The van der Waals surface area contributed by atoms with Crippen LogP contribution < -0.4 is 16.8 Å². The summed E-state index contributed by atoms with van der Waals surface area (Å²) in [5.74, 6) is -0.579. The van der Waals surface area contributed by atoms with Crippen LogP contribution in [-0.4, -0.2) is 49.1 Å². The van der Waals surface area contributed by atoms with Gasteiger partial charge in [0.25, 0.3) is 0 Å². The summed E-state index contributed by atoms with van der Waals surface area (Å²) < 4.78 is 5.23. The van der Waals surface area contributed by atoms with Crippen molar-refractivity contribution in [2.45, 2.75) is 12.5 Å². The molecule has 1 aliphatic heterocycles. The third-order valence-corrected chi connectivity index (χ3v) is 3.43. The summed E-state index contributed by atoms with van der Waals surface area (Å²) in [6.07, 6.45) is 0.262. The average molecular weight is 292 g/mol. The van der Waals surface area contributed by atoms with Crippen LogP contribution in [0.1, 0.15) is 6.42 Å². The summed E-state index contributed by atoms with van der Waals surface area (Å²) in [6, 6.07) is 6.61. The lowest BCUT2D eigenvalue weighted by atomic mass is 10.2. The van der Waals surface area contributed by atoms with Gasteiger partial charge in [0.1, 0.15) is 6.04 Å². The number of hydrogen-bond donors (Lipinski definition) is 3. The number of amides is 2. The van der Waals surface area contributed by atoms with Gasteiger partial charge < -0.3 is 21.5 Å². The standard InChI is InChI=1S/C14H20N4O3/c15-10-3-1-2-4-11(10)17-13(19)5-6-18-7-8-21-9-12(18)14(16)20/h1-4,12H,5-9,15H2,(H2,16,20)(H,17,19). The maximum atomic E-state index is 11.9. The van der Waals surface area contributed by atoms with Crippen LogP contribution in [-0.2, 0) is 14.3 Å². The minimum atomic E-state index is -0.464. The Morgan fingerprint density at radius 3 is 2.86 bits per heavy atom. The largest absolute Gasteiger partial charge is 0.397 e. The number of nitrogens with one attached hydrogen (secondary N) is 1. The first-order chi connectivity index (χ1) is 10.1. The van der Waals surface area contributed by atoms with Crippen LogP contribution in [0.5, 0.6) is 0 Å². The zero-order chi connectivity index (χ0) is 15.2. The zero-order valence-electron chi connectivity index (χ0n) is 11.7. The van der Waals surface area contributed by atoms with Gasteiger partial charge in [0.05, 0.1) is 24.6 Å². The van der Waals surface area contributed by atoms with Crippen molar-refractivity contribution in [1.29, 1.82) is 0 Å². The molecule has 0 aliphatic carbocycles. The fraction of sp³-hybridized carbons (Fsp3) is 0.429. The van der Waals surface area contributed by atoms with Crippen LogP contribution in [0.4, 0.5) is 11.4 Å². The van der Waals surface area contributed by atoms with Crippen LogP contribution in [0.25, 0.3) is 0 Å². The number of benzene rings is 1. The van der Waals surface area contributed by atoms with Crippen molar-refractivity contribution >= 4 is 23.2 Å². The molecule has 1 aromatic carbocycles. The van der Waals surface area contributed by atoms with Crippen LogP contribution in [0, 0.1) is 0 Å². The maximum Gasteiger partial charge on any atom is 0.237 e. The number of hydrogen-bond acceptors (Lipinski definition) is 5. The Morgan fingerprint density at radius 2 is 2.14 bits per heavy atom. The van der Waals surface area contributed by atoms with Gasteiger partial charge in [0.15, 0.2) is 0 Å². The quantitative estimate of drug-likeness (QED) is 0.650. The SMILES string of the molecule is NC(=O)C1COCCN1CCC(=O)Nc1ccccc1N. The first-order valence-electron chi connectivity index (χ1n) is 6.83. The highest BCUT2D eigenvalue weighted by atomic mass is 16.5. The molecule has 1 atom stereocenters. The fourth-order valence-corrected chi connectivity index (χ4v) is 2.24. The van der Waals surface area contributed by atoms with Crippen molar-refractivity contribution < 1.29 is 14.3 Å². The van der Waals surface area contributed by atoms with Gasteiger partial charge in [0.2, 0.25) is 11.8 Å². The second kappa shape index (κ2) is 7.05. The number of primary amides is 1. The van der Waals surface area contributed by atoms with Crippen molar-refractivity contribution in [2.24, 2.45) is 5.73 Å². The Kier molecular flexibility index (Phi) is 5.13. The molecule has 0 aromatic heterocycles. The highest BCUT2D eigenvalue weighted by molar-refractivity contribution is 5.93. The third-order valence-electron chi connectivity index (χ3n) is 3.43. The molecule has 2 amide bonds. The molecule has 114 valence electrons. The Bertz CT molecular complexity index is 521. The van der Waals surface area contributed by atoms with E-state index in [2.05, 4.69) is 5.32 Å². The molecule has 0 saturated carbocycles. The first-order valence-corrected chi connectivity index (χ1v) is 6.83. The summed E-state index contributed by atoms with van der Waals surface area (Å²) in [6.45, 7) is 1.86. The minimum Gasteiger partial charge on any atom is -0.397 e. The highest BCUT2D eigenvalue weighted by Gasteiger charge is 2.27. The van der Waals surface area contributed by atoms with Crippen molar-refractivity contribution in [1.82, 2.24) is 4.90 Å². The number of carbonyl (C=O) groups is 2. The average Bonchev–Trinajstić information content (AvgIpc) is 2.48. The van der Waals surface area contributed by atoms with Crippen molar-refractivity contribution in [3.63, 3.8) is 0 Å². The number of anilines is 2. The van der Waals surface area contributed by atoms with Crippen LogP contribution in [0.2, 0.25) is 0 Å². The molecule has 1 heterocycles. The Labute approximate surface area is 123 Å². The lowest BCUT2D eigenvalue weighted by Gasteiger charge is -2.33. The molecule has 1 unspecified atom stereocenters. The summed E-state index contributed by atoms with van der Waals surface area (Å²) >= 11 is 0. The Morgan fingerprint density at radius 1 is 1.38 bits per heavy atom. The topological polar surface area (TPSA) is 111 Å². The lowest BCUT2D eigenvalue weighted by Crippen LogP contribution is -2.52. The molecule has 2 rings (SSSR count). The van der Waals surface area contributed by atoms with Crippen molar-refractivity contribution in [3.8, 4) is 0 Å². The van der Waals surface area contributed by atoms with E-state index < -0.39 is 11.9 Å². The smallest absolute Gasteiger partial charge is 0.237 e. The lowest BCUT2D eigenvalue weighted by molar-refractivity contribution is -0.130. The van der Waals surface area contributed by atoms with Gasteiger partial charge in [-0.3, -0.25) is 14.5 Å². The fourth-order valence-electron chi connectivity index (χ4n) is 2.24. The number of nitrogens with zero attached hydrogens (tertiary/aromatic N) is 1. The summed E-state index contributed by atoms with van der Waals surface area (Å²) in [5, 5.41) is 2.76. The predicted octanol–water partition coefficient (Wildman–Crippen LogP) is -0.216. The minimum absolute atomic E-state index is 0.150. The van der Waals surface area contributed by atoms with Gasteiger partial charge in [0, 0.05) is 19.5 Å². The molecular weight excluding hydrogens is 272 g/mol. The summed E-state index contributed by atoms with van der Waals surface area (Å²) in [5.41, 5.74) is 12.2. The van der Waals surface area contributed by atoms with Crippen LogP contribution >= 0.6 is 0 Å².